The van der Waals surface area contributed by atoms with Crippen molar-refractivity contribution >= 4 is 21.9 Å². The maximum Gasteiger partial charge on any atom is 0.339 e. The molecule has 0 spiro atoms. The number of hydrogen-bond donors (Lipinski definition) is 1. The number of halogens is 1. The molecule has 0 aliphatic heterocycles. The number of hydrogen-bond acceptors (Lipinski definition) is 2. The lowest BCUT2D eigenvalue weighted by Gasteiger charge is -2.04. The molecule has 0 bridgehead atoms. The van der Waals surface area contributed by atoms with E-state index in [4.69, 9.17) is 0 Å². The summed E-state index contributed by atoms with van der Waals surface area (Å²) in [5.74, 6) is -0.965. The van der Waals surface area contributed by atoms with Gasteiger partial charge in [-0.05, 0) is 19.9 Å². The van der Waals surface area contributed by atoms with E-state index in [1.165, 1.54) is 0 Å². The Balaban J connectivity index is 2.63. The second-order valence-electron chi connectivity index (χ2n) is 4.25. The van der Waals surface area contributed by atoms with E-state index in [9.17, 15) is 9.90 Å². The average molecular weight is 309 g/mol. The van der Waals surface area contributed by atoms with Crippen molar-refractivity contribution in [2.75, 3.05) is 0 Å². The Labute approximate surface area is 113 Å². The summed E-state index contributed by atoms with van der Waals surface area (Å²) in [4.78, 5) is 11.3. The number of benzene rings is 1. The minimum Gasteiger partial charge on any atom is -0.478 e. The van der Waals surface area contributed by atoms with Crippen LogP contribution in [0.25, 0.3) is 11.3 Å². The van der Waals surface area contributed by atoms with Gasteiger partial charge in [0.2, 0.25) is 0 Å². The summed E-state index contributed by atoms with van der Waals surface area (Å²) in [6, 6.07) is 7.59. The summed E-state index contributed by atoms with van der Waals surface area (Å²) in [5, 5.41) is 13.6. The number of carboxylic acid groups (broad SMARTS) is 1. The third-order valence-corrected chi connectivity index (χ3v) is 3.31. The second-order valence-corrected chi connectivity index (χ2v) is 5.10. The number of nitrogens with zero attached hydrogens (tertiary/aromatic N) is 2. The van der Waals surface area contributed by atoms with Crippen LogP contribution in [0, 0.1) is 0 Å². The first-order valence-electron chi connectivity index (χ1n) is 5.58. The maximum atomic E-state index is 11.3. The predicted molar refractivity (Wildman–Crippen MR) is 72.7 cm³/mol. The molecule has 0 radical (unpaired) electrons. The van der Waals surface area contributed by atoms with Crippen molar-refractivity contribution in [3.63, 3.8) is 0 Å². The fourth-order valence-corrected chi connectivity index (χ4v) is 2.14. The maximum absolute atomic E-state index is 11.3. The highest BCUT2D eigenvalue weighted by Crippen LogP contribution is 2.30. The van der Waals surface area contributed by atoms with Gasteiger partial charge in [-0.3, -0.25) is 4.68 Å². The Morgan fingerprint density at radius 1 is 1.39 bits per heavy atom. The number of carboxylic acids is 1. The first-order chi connectivity index (χ1) is 8.50. The smallest absolute Gasteiger partial charge is 0.339 e. The number of aromatic nitrogens is 2. The highest BCUT2D eigenvalue weighted by Gasteiger charge is 2.19. The van der Waals surface area contributed by atoms with Crippen molar-refractivity contribution in [2.24, 2.45) is 0 Å². The Kier molecular flexibility index (Phi) is 3.52. The average Bonchev–Trinajstić information content (AvgIpc) is 2.74. The van der Waals surface area contributed by atoms with E-state index in [1.807, 2.05) is 38.1 Å². The van der Waals surface area contributed by atoms with Crippen LogP contribution in [0.3, 0.4) is 0 Å². The molecule has 1 heterocycles. The molecule has 0 fully saturated rings. The van der Waals surface area contributed by atoms with Gasteiger partial charge in [0.25, 0.3) is 0 Å². The van der Waals surface area contributed by atoms with Crippen molar-refractivity contribution in [1.82, 2.24) is 9.78 Å². The lowest BCUT2D eigenvalue weighted by molar-refractivity contribution is 0.0697. The largest absolute Gasteiger partial charge is 0.478 e. The van der Waals surface area contributed by atoms with Crippen LogP contribution in [0.15, 0.2) is 34.9 Å². The van der Waals surface area contributed by atoms with Crippen molar-refractivity contribution < 1.29 is 9.90 Å². The topological polar surface area (TPSA) is 55.1 Å². The van der Waals surface area contributed by atoms with Crippen molar-refractivity contribution in [3.8, 4) is 11.3 Å². The summed E-state index contributed by atoms with van der Waals surface area (Å²) in [5.41, 5.74) is 1.49. The first kappa shape index (κ1) is 12.8. The molecule has 1 aromatic heterocycles. The summed E-state index contributed by atoms with van der Waals surface area (Å²) in [6.45, 7) is 3.92. The van der Waals surface area contributed by atoms with Gasteiger partial charge >= 0.3 is 5.97 Å². The standard InChI is InChI=1S/C13H13BrN2O2/c1-8(2)16-7-10(13(17)18)12(15-16)9-5-3-4-6-11(9)14/h3-8H,1-2H3,(H,17,18). The summed E-state index contributed by atoms with van der Waals surface area (Å²) >= 11 is 3.42. The summed E-state index contributed by atoms with van der Waals surface area (Å²) in [7, 11) is 0. The lowest BCUT2D eigenvalue weighted by atomic mass is 10.1. The second kappa shape index (κ2) is 4.94. The van der Waals surface area contributed by atoms with Crippen LogP contribution < -0.4 is 0 Å². The SMILES string of the molecule is CC(C)n1cc(C(=O)O)c(-c2ccccc2Br)n1. The quantitative estimate of drug-likeness (QED) is 0.942. The van der Waals surface area contributed by atoms with Gasteiger partial charge in [-0.15, -0.1) is 0 Å². The molecule has 0 atom stereocenters. The molecule has 5 heteroatoms. The van der Waals surface area contributed by atoms with Gasteiger partial charge in [0.1, 0.15) is 11.3 Å². The number of rotatable bonds is 3. The Bertz CT molecular complexity index is 590. The molecule has 4 nitrogen and oxygen atoms in total. The monoisotopic (exact) mass is 308 g/mol. The van der Waals surface area contributed by atoms with Gasteiger partial charge in [0.05, 0.1) is 0 Å². The van der Waals surface area contributed by atoms with E-state index in [0.717, 1.165) is 10.0 Å². The molecule has 0 saturated carbocycles. The fraction of sp³-hybridized carbons (Fsp3) is 0.231. The number of carbonyl (C=O) groups is 1. The Morgan fingerprint density at radius 2 is 2.06 bits per heavy atom. The molecule has 1 aromatic carbocycles. The zero-order valence-corrected chi connectivity index (χ0v) is 11.7. The molecule has 0 amide bonds. The van der Waals surface area contributed by atoms with Gasteiger partial charge in [-0.1, -0.05) is 34.1 Å². The van der Waals surface area contributed by atoms with Gasteiger partial charge in [-0.2, -0.15) is 5.10 Å². The highest BCUT2D eigenvalue weighted by atomic mass is 79.9. The lowest BCUT2D eigenvalue weighted by Crippen LogP contribution is -2.00. The molecule has 94 valence electrons. The zero-order valence-electron chi connectivity index (χ0n) is 10.1. The molecule has 0 unspecified atom stereocenters. The van der Waals surface area contributed by atoms with Gasteiger partial charge in [0, 0.05) is 22.3 Å². The summed E-state index contributed by atoms with van der Waals surface area (Å²) in [6.07, 6.45) is 1.57. The van der Waals surface area contributed by atoms with Crippen molar-refractivity contribution in [3.05, 3.63) is 40.5 Å². The molecule has 1 N–H and O–H groups in total. The van der Waals surface area contributed by atoms with Crippen LogP contribution in [0.4, 0.5) is 0 Å². The third-order valence-electron chi connectivity index (χ3n) is 2.62. The highest BCUT2D eigenvalue weighted by molar-refractivity contribution is 9.10. The van der Waals surface area contributed by atoms with E-state index in [2.05, 4.69) is 21.0 Å². The zero-order chi connectivity index (χ0) is 13.3. The van der Waals surface area contributed by atoms with Gasteiger partial charge < -0.3 is 5.11 Å². The summed E-state index contributed by atoms with van der Waals surface area (Å²) < 4.78 is 2.50. The molecular weight excluding hydrogens is 296 g/mol. The van der Waals surface area contributed by atoms with Crippen LogP contribution in [0.1, 0.15) is 30.2 Å². The third kappa shape index (κ3) is 2.31. The van der Waals surface area contributed by atoms with E-state index in [1.54, 1.807) is 10.9 Å². The normalized spacial score (nSPS) is 10.9. The number of aromatic carboxylic acids is 1. The minimum atomic E-state index is -0.965. The molecular formula is C13H13BrN2O2. The first-order valence-corrected chi connectivity index (χ1v) is 6.37. The molecule has 18 heavy (non-hydrogen) atoms. The minimum absolute atomic E-state index is 0.124. The van der Waals surface area contributed by atoms with Crippen LogP contribution in [-0.2, 0) is 0 Å². The molecule has 2 aromatic rings. The molecule has 0 aliphatic carbocycles. The van der Waals surface area contributed by atoms with Crippen LogP contribution in [0.2, 0.25) is 0 Å². The molecule has 0 saturated heterocycles. The van der Waals surface area contributed by atoms with Gasteiger partial charge in [0.15, 0.2) is 0 Å². The Hall–Kier alpha value is -1.62. The molecule has 2 rings (SSSR count). The van der Waals surface area contributed by atoms with Crippen molar-refractivity contribution in [2.45, 2.75) is 19.9 Å². The fourth-order valence-electron chi connectivity index (χ4n) is 1.66. The van der Waals surface area contributed by atoms with E-state index in [0.29, 0.717) is 5.69 Å². The van der Waals surface area contributed by atoms with Crippen LogP contribution >= 0.6 is 15.9 Å². The Morgan fingerprint density at radius 3 is 2.61 bits per heavy atom. The van der Waals surface area contributed by atoms with Gasteiger partial charge in [-0.25, -0.2) is 4.79 Å². The molecule has 0 aliphatic rings. The van der Waals surface area contributed by atoms with E-state index in [-0.39, 0.29) is 11.6 Å². The van der Waals surface area contributed by atoms with Crippen LogP contribution in [-0.4, -0.2) is 20.9 Å². The van der Waals surface area contributed by atoms with Crippen LogP contribution in [0.5, 0.6) is 0 Å². The van der Waals surface area contributed by atoms with E-state index >= 15 is 0 Å². The predicted octanol–water partition coefficient (Wildman–Crippen LogP) is 3.59. The van der Waals surface area contributed by atoms with Crippen molar-refractivity contribution in [1.29, 1.82) is 0 Å². The van der Waals surface area contributed by atoms with E-state index < -0.39 is 5.97 Å².